The first-order chi connectivity index (χ1) is 32.1. The lowest BCUT2D eigenvalue weighted by atomic mass is 9.87. The Morgan fingerprint density at radius 1 is 0.806 bits per heavy atom. The minimum atomic E-state index is -1.23. The number of rotatable bonds is 20. The second kappa shape index (κ2) is 24.5. The Labute approximate surface area is 395 Å². The number of carbonyl (C=O) groups is 5. The van der Waals surface area contributed by atoms with Gasteiger partial charge < -0.3 is 47.6 Å². The van der Waals surface area contributed by atoms with Gasteiger partial charge in [0, 0.05) is 67.2 Å². The highest BCUT2D eigenvalue weighted by molar-refractivity contribution is 6.00. The minimum Gasteiger partial charge on any atom is -0.492 e. The first-order valence-corrected chi connectivity index (χ1v) is 23.4. The zero-order valence-corrected chi connectivity index (χ0v) is 39.9. The third kappa shape index (κ3) is 13.7. The zero-order chi connectivity index (χ0) is 48.8. The van der Waals surface area contributed by atoms with Gasteiger partial charge in [-0.25, -0.2) is 0 Å². The molecule has 5 rings (SSSR count). The number of hydrogen-bond donors (Lipinski definition) is 6. The quantitative estimate of drug-likeness (QED) is 0.0426. The molecule has 14 heteroatoms. The van der Waals surface area contributed by atoms with E-state index in [1.165, 1.54) is 11.9 Å². The molecule has 4 bridgehead atoms. The van der Waals surface area contributed by atoms with Crippen molar-refractivity contribution in [3.63, 3.8) is 0 Å². The lowest BCUT2D eigenvalue weighted by Crippen LogP contribution is -2.50. The zero-order valence-electron chi connectivity index (χ0n) is 39.9. The van der Waals surface area contributed by atoms with E-state index >= 15 is 0 Å². The molecule has 3 amide bonds. The fourth-order valence-electron chi connectivity index (χ4n) is 8.41. The van der Waals surface area contributed by atoms with Crippen LogP contribution in [0.2, 0.25) is 0 Å². The summed E-state index contributed by atoms with van der Waals surface area (Å²) in [5.41, 5.74) is 23.8. The van der Waals surface area contributed by atoms with Crippen LogP contribution in [-0.2, 0) is 25.6 Å². The van der Waals surface area contributed by atoms with Crippen molar-refractivity contribution in [2.24, 2.45) is 35.0 Å². The summed E-state index contributed by atoms with van der Waals surface area (Å²) < 4.78 is 12.4. The van der Waals surface area contributed by atoms with Gasteiger partial charge in [-0.15, -0.1) is 0 Å². The topological polar surface area (TPSA) is 233 Å². The lowest BCUT2D eigenvalue weighted by Gasteiger charge is -2.32. The van der Waals surface area contributed by atoms with Crippen LogP contribution in [0.15, 0.2) is 84.9 Å². The van der Waals surface area contributed by atoms with E-state index in [1.54, 1.807) is 43.3 Å². The predicted molar refractivity (Wildman–Crippen MR) is 263 cm³/mol. The van der Waals surface area contributed by atoms with Crippen LogP contribution in [0.5, 0.6) is 11.5 Å². The smallest absolute Gasteiger partial charge is 0.251 e. The molecule has 358 valence electrons. The van der Waals surface area contributed by atoms with Crippen molar-refractivity contribution in [2.45, 2.75) is 91.3 Å². The van der Waals surface area contributed by atoms with Crippen LogP contribution in [0, 0.1) is 30.1 Å². The van der Waals surface area contributed by atoms with Gasteiger partial charge in [0.2, 0.25) is 11.8 Å². The Morgan fingerprint density at radius 3 is 2.00 bits per heavy atom. The fraction of sp³-hybridized carbons (Fsp3) is 0.434. The molecule has 0 saturated heterocycles. The summed E-state index contributed by atoms with van der Waals surface area (Å²) in [5.74, 6) is -2.57. The number of Topliss-reactive ketones (excluding diaryl/α,β-unsaturated/α-hetero) is 2. The van der Waals surface area contributed by atoms with Crippen LogP contribution in [0.3, 0.4) is 0 Å². The number of amides is 3. The minimum absolute atomic E-state index is 0.0374. The van der Waals surface area contributed by atoms with Crippen LogP contribution >= 0.6 is 0 Å². The van der Waals surface area contributed by atoms with Crippen molar-refractivity contribution >= 4 is 35.0 Å². The average Bonchev–Trinajstić information content (AvgIpc) is 3.31. The van der Waals surface area contributed by atoms with Gasteiger partial charge in [0.05, 0.1) is 6.04 Å². The van der Waals surface area contributed by atoms with Crippen molar-refractivity contribution in [1.82, 2.24) is 15.5 Å². The van der Waals surface area contributed by atoms with Crippen LogP contribution in [0.4, 0.5) is 0 Å². The highest BCUT2D eigenvalue weighted by Gasteiger charge is 2.36. The molecule has 1 aliphatic rings. The number of unbranched alkanes of at least 4 members (excludes halogenated alkanes) is 1. The second-order valence-corrected chi connectivity index (χ2v) is 18.0. The van der Waals surface area contributed by atoms with E-state index in [4.69, 9.17) is 32.1 Å². The maximum Gasteiger partial charge on any atom is 0.251 e. The molecule has 5 atom stereocenters. The van der Waals surface area contributed by atoms with E-state index in [1.807, 2.05) is 76.2 Å². The normalized spacial score (nSPS) is 17.1. The molecule has 1 aliphatic heterocycles. The summed E-state index contributed by atoms with van der Waals surface area (Å²) in [6.07, 6.45) is 1.27. The number of aryl methyl sites for hydroxylation is 1. The molecule has 67 heavy (non-hydrogen) atoms. The molecule has 4 aromatic rings. The van der Waals surface area contributed by atoms with Gasteiger partial charge in [0.15, 0.2) is 11.6 Å². The molecule has 0 saturated carbocycles. The first-order valence-electron chi connectivity index (χ1n) is 23.4. The summed E-state index contributed by atoms with van der Waals surface area (Å²) in [4.78, 5) is 73.2. The van der Waals surface area contributed by atoms with Crippen molar-refractivity contribution < 1.29 is 33.4 Å². The first kappa shape index (κ1) is 51.8. The SMILES string of the molecule is Cc1ccc(-c2ccc(C(=O)NC(CCCCN)C(=O)N(C)C3C(=O)CC(C)C(=O)NC(C(=O)CC(C)C(=N)C(C)C)Cc4ccc(OCCN)c(c4)-c4cc3ccc4OCCN)cc2)cc1. The van der Waals surface area contributed by atoms with E-state index < -0.39 is 47.5 Å². The molecule has 5 unspecified atom stereocenters. The third-order valence-corrected chi connectivity index (χ3v) is 12.3. The highest BCUT2D eigenvalue weighted by atomic mass is 16.5. The Balaban J connectivity index is 1.58. The third-order valence-electron chi connectivity index (χ3n) is 12.3. The molecular formula is C53H69N7O7. The standard InChI is InChI=1S/C53H69N7O7/c1-32(2)49(57)34(4)27-45(61)44-30-36-12-20-47(66-25-23-55)41(29-36)42-31-40(19-21-48(42)67-26-24-56)50(46(62)28-35(5)51(63)59-44)60(6)53(65)43(9-7-8-22-54)58-52(64)39-17-15-38(16-18-39)37-13-10-33(3)11-14-37/h10-21,29,31-32,34-35,43-44,50,57H,7-9,22-28,30,54-56H2,1-6H3,(H,58,64)(H,59,63). The van der Waals surface area contributed by atoms with Crippen molar-refractivity contribution in [1.29, 1.82) is 5.41 Å². The molecule has 0 fully saturated rings. The van der Waals surface area contributed by atoms with Gasteiger partial charge in [-0.1, -0.05) is 81.8 Å². The number of benzene rings is 4. The Bertz CT molecular complexity index is 2370. The summed E-state index contributed by atoms with van der Waals surface area (Å²) >= 11 is 0. The Hall–Kier alpha value is -6.22. The molecule has 9 N–H and O–H groups in total. The van der Waals surface area contributed by atoms with Gasteiger partial charge >= 0.3 is 0 Å². The number of hydrogen-bond acceptors (Lipinski definition) is 11. The van der Waals surface area contributed by atoms with Gasteiger partial charge in [0.1, 0.15) is 36.8 Å². The van der Waals surface area contributed by atoms with Crippen LogP contribution < -0.4 is 37.3 Å². The van der Waals surface area contributed by atoms with E-state index in [2.05, 4.69) is 10.6 Å². The van der Waals surface area contributed by atoms with Crippen molar-refractivity contribution in [3.8, 4) is 33.8 Å². The van der Waals surface area contributed by atoms with E-state index in [0.717, 1.165) is 16.7 Å². The monoisotopic (exact) mass is 916 g/mol. The maximum atomic E-state index is 14.9. The molecule has 0 spiro atoms. The number of ketones is 2. The number of nitrogens with zero attached hydrogens (tertiary/aromatic N) is 1. The number of ether oxygens (including phenoxy) is 2. The summed E-state index contributed by atoms with van der Waals surface area (Å²) in [7, 11) is 1.52. The molecule has 0 aliphatic carbocycles. The lowest BCUT2D eigenvalue weighted by molar-refractivity contribution is -0.141. The van der Waals surface area contributed by atoms with E-state index in [0.29, 0.717) is 64.4 Å². The number of nitrogens with one attached hydrogen (secondary N) is 3. The average molecular weight is 916 g/mol. The van der Waals surface area contributed by atoms with Gasteiger partial charge in [-0.05, 0) is 104 Å². The molecule has 14 nitrogen and oxygen atoms in total. The largest absolute Gasteiger partial charge is 0.492 e. The number of carbonyl (C=O) groups excluding carboxylic acids is 5. The number of fused-ring (bicyclic) bond motifs is 5. The summed E-state index contributed by atoms with van der Waals surface area (Å²) in [6.45, 7) is 10.5. The van der Waals surface area contributed by atoms with Gasteiger partial charge in [-0.2, -0.15) is 0 Å². The molecular weight excluding hydrogens is 847 g/mol. The number of likely N-dealkylation sites (N-methyl/N-ethyl adjacent to an activating group) is 1. The van der Waals surface area contributed by atoms with Gasteiger partial charge in [0.25, 0.3) is 5.91 Å². The Morgan fingerprint density at radius 2 is 1.40 bits per heavy atom. The maximum absolute atomic E-state index is 14.9. The molecule has 0 aromatic heterocycles. The summed E-state index contributed by atoms with van der Waals surface area (Å²) in [6, 6.07) is 22.7. The van der Waals surface area contributed by atoms with Crippen LogP contribution in [-0.4, -0.2) is 91.9 Å². The summed E-state index contributed by atoms with van der Waals surface area (Å²) in [5, 5.41) is 14.5. The fourth-order valence-corrected chi connectivity index (χ4v) is 8.41. The molecule has 4 aromatic carbocycles. The van der Waals surface area contributed by atoms with Crippen molar-refractivity contribution in [2.75, 3.05) is 39.9 Å². The van der Waals surface area contributed by atoms with Crippen molar-refractivity contribution in [3.05, 3.63) is 107 Å². The van der Waals surface area contributed by atoms with Gasteiger partial charge in [-0.3, -0.25) is 24.0 Å². The van der Waals surface area contributed by atoms with E-state index in [-0.39, 0.29) is 69.6 Å². The number of nitrogens with two attached hydrogens (primary N) is 3. The molecule has 1 heterocycles. The van der Waals surface area contributed by atoms with Crippen LogP contribution in [0.1, 0.15) is 92.9 Å². The van der Waals surface area contributed by atoms with E-state index in [9.17, 15) is 24.0 Å². The predicted octanol–water partition coefficient (Wildman–Crippen LogP) is 6.34. The second-order valence-electron chi connectivity index (χ2n) is 18.0. The van der Waals surface area contributed by atoms with Crippen LogP contribution in [0.25, 0.3) is 22.3 Å². The highest BCUT2D eigenvalue weighted by Crippen LogP contribution is 2.41. The molecule has 0 radical (unpaired) electrons. The Kier molecular flexibility index (Phi) is 18.9.